The van der Waals surface area contributed by atoms with E-state index in [-0.39, 0.29) is 5.69 Å². The number of nitrogens with two attached hydrogens (primary N) is 1. The van der Waals surface area contributed by atoms with Gasteiger partial charge in [-0.3, -0.25) is 15.0 Å². The molecule has 0 radical (unpaired) electrons. The lowest BCUT2D eigenvalue weighted by Gasteiger charge is -2.15. The normalized spacial score (nSPS) is 19.9. The summed E-state index contributed by atoms with van der Waals surface area (Å²) < 4.78 is 0. The summed E-state index contributed by atoms with van der Waals surface area (Å²) in [5.41, 5.74) is 5.52. The Morgan fingerprint density at radius 2 is 2.44 bits per heavy atom. The molecule has 3 N–H and O–H groups in total. The number of pyridine rings is 1. The Bertz CT molecular complexity index is 408. The second-order valence-electron chi connectivity index (χ2n) is 4.38. The Morgan fingerprint density at radius 3 is 3.06 bits per heavy atom. The van der Waals surface area contributed by atoms with Crippen LogP contribution in [0.5, 0.6) is 0 Å². The maximum absolute atomic E-state index is 10.5. The zero-order valence-electron chi connectivity index (χ0n) is 10.1. The molecule has 7 heteroatoms. The molecule has 1 aromatic rings. The van der Waals surface area contributed by atoms with Gasteiger partial charge in [-0.25, -0.2) is 4.98 Å². The van der Waals surface area contributed by atoms with Gasteiger partial charge in [0.05, 0.1) is 4.92 Å². The average Bonchev–Trinajstić information content (AvgIpc) is 2.78. The highest BCUT2D eigenvalue weighted by Crippen LogP contribution is 2.16. The molecule has 1 aliphatic heterocycles. The van der Waals surface area contributed by atoms with Gasteiger partial charge in [0, 0.05) is 38.3 Å². The molecule has 0 aliphatic carbocycles. The lowest BCUT2D eigenvalue weighted by molar-refractivity contribution is -0.385. The predicted octanol–water partition coefficient (Wildman–Crippen LogP) is 0.435. The van der Waals surface area contributed by atoms with E-state index in [9.17, 15) is 10.1 Å². The number of hydrogen-bond acceptors (Lipinski definition) is 6. The maximum Gasteiger partial charge on any atom is 0.287 e. The second-order valence-corrected chi connectivity index (χ2v) is 4.38. The molecule has 0 spiro atoms. The fraction of sp³-hybridized carbons (Fsp3) is 0.545. The van der Waals surface area contributed by atoms with Gasteiger partial charge in [0.1, 0.15) is 12.0 Å². The van der Waals surface area contributed by atoms with E-state index in [0.717, 1.165) is 26.1 Å². The Kier molecular flexibility index (Phi) is 4.06. The Labute approximate surface area is 105 Å². The molecule has 0 amide bonds. The first-order valence-electron chi connectivity index (χ1n) is 5.98. The van der Waals surface area contributed by atoms with Crippen molar-refractivity contribution in [3.05, 3.63) is 28.4 Å². The van der Waals surface area contributed by atoms with Crippen molar-refractivity contribution in [2.75, 3.05) is 31.5 Å². The summed E-state index contributed by atoms with van der Waals surface area (Å²) in [6, 6.07) is 3.44. The summed E-state index contributed by atoms with van der Waals surface area (Å²) in [7, 11) is 0. The zero-order valence-corrected chi connectivity index (χ0v) is 10.1. The van der Waals surface area contributed by atoms with Gasteiger partial charge < -0.3 is 11.1 Å². The van der Waals surface area contributed by atoms with Crippen molar-refractivity contribution < 1.29 is 4.92 Å². The number of nitrogens with one attached hydrogen (secondary N) is 1. The monoisotopic (exact) mass is 251 g/mol. The van der Waals surface area contributed by atoms with Crippen LogP contribution < -0.4 is 11.1 Å². The summed E-state index contributed by atoms with van der Waals surface area (Å²) >= 11 is 0. The van der Waals surface area contributed by atoms with E-state index in [1.807, 2.05) is 0 Å². The van der Waals surface area contributed by atoms with Crippen molar-refractivity contribution in [2.24, 2.45) is 5.73 Å². The summed E-state index contributed by atoms with van der Waals surface area (Å²) in [5, 5.41) is 13.8. The molecule has 1 aliphatic rings. The van der Waals surface area contributed by atoms with Crippen LogP contribution in [0.2, 0.25) is 0 Å². The van der Waals surface area contributed by atoms with Crippen molar-refractivity contribution in [3.8, 4) is 0 Å². The van der Waals surface area contributed by atoms with Crippen LogP contribution in [0.25, 0.3) is 0 Å². The van der Waals surface area contributed by atoms with Crippen LogP contribution in [0.3, 0.4) is 0 Å². The van der Waals surface area contributed by atoms with E-state index in [0.29, 0.717) is 18.4 Å². The Morgan fingerprint density at radius 1 is 1.61 bits per heavy atom. The van der Waals surface area contributed by atoms with Gasteiger partial charge in [-0.15, -0.1) is 0 Å². The van der Waals surface area contributed by atoms with Crippen LogP contribution in [0.1, 0.15) is 6.42 Å². The van der Waals surface area contributed by atoms with Crippen LogP contribution in [0.4, 0.5) is 11.5 Å². The molecule has 2 heterocycles. The van der Waals surface area contributed by atoms with E-state index in [1.54, 1.807) is 6.07 Å². The molecule has 1 aromatic heterocycles. The number of nitro groups is 1. The van der Waals surface area contributed by atoms with Crippen LogP contribution in [0, 0.1) is 10.1 Å². The molecule has 1 saturated heterocycles. The Balaban J connectivity index is 1.88. The highest BCUT2D eigenvalue weighted by atomic mass is 16.6. The summed E-state index contributed by atoms with van der Waals surface area (Å²) in [6.45, 7) is 3.55. The molecule has 1 unspecified atom stereocenters. The quantitative estimate of drug-likeness (QED) is 0.582. The minimum atomic E-state index is -0.449. The van der Waals surface area contributed by atoms with E-state index in [2.05, 4.69) is 15.2 Å². The molecule has 7 nitrogen and oxygen atoms in total. The fourth-order valence-electron chi connectivity index (χ4n) is 2.12. The molecule has 0 saturated carbocycles. The number of nitrogens with zero attached hydrogens (tertiary/aromatic N) is 3. The standard InChI is InChI=1S/C11H17N5O2/c12-4-6-15-5-3-9(8-15)14-11-2-1-10(7-13-11)16(17)18/h1-2,7,9H,3-6,8,12H2,(H,13,14). The highest BCUT2D eigenvalue weighted by Gasteiger charge is 2.21. The molecule has 98 valence electrons. The van der Waals surface area contributed by atoms with Crippen molar-refractivity contribution >= 4 is 11.5 Å². The largest absolute Gasteiger partial charge is 0.366 e. The number of rotatable bonds is 5. The number of likely N-dealkylation sites (tertiary alicyclic amines) is 1. The molecule has 18 heavy (non-hydrogen) atoms. The summed E-state index contributed by atoms with van der Waals surface area (Å²) in [5.74, 6) is 0.681. The molecule has 0 bridgehead atoms. The van der Waals surface area contributed by atoms with Crippen LogP contribution in [0.15, 0.2) is 18.3 Å². The molecule has 0 aromatic carbocycles. The van der Waals surface area contributed by atoms with Gasteiger partial charge in [-0.05, 0) is 12.5 Å². The van der Waals surface area contributed by atoms with Crippen molar-refractivity contribution in [1.82, 2.24) is 9.88 Å². The van der Waals surface area contributed by atoms with Gasteiger partial charge in [-0.1, -0.05) is 0 Å². The summed E-state index contributed by atoms with van der Waals surface area (Å²) in [6.07, 6.45) is 2.31. The maximum atomic E-state index is 10.5. The number of anilines is 1. The first-order chi connectivity index (χ1) is 8.69. The topological polar surface area (TPSA) is 97.3 Å². The lowest BCUT2D eigenvalue weighted by atomic mass is 10.2. The van der Waals surface area contributed by atoms with Crippen molar-refractivity contribution in [1.29, 1.82) is 0 Å². The minimum Gasteiger partial charge on any atom is -0.366 e. The van der Waals surface area contributed by atoms with Crippen LogP contribution >= 0.6 is 0 Å². The van der Waals surface area contributed by atoms with Crippen LogP contribution in [-0.4, -0.2) is 47.0 Å². The molecular formula is C11H17N5O2. The van der Waals surface area contributed by atoms with Gasteiger partial charge in [0.2, 0.25) is 0 Å². The minimum absolute atomic E-state index is 0.0109. The summed E-state index contributed by atoms with van der Waals surface area (Å²) in [4.78, 5) is 16.4. The van der Waals surface area contributed by atoms with Gasteiger partial charge in [0.25, 0.3) is 5.69 Å². The highest BCUT2D eigenvalue weighted by molar-refractivity contribution is 5.41. The third-order valence-electron chi connectivity index (χ3n) is 3.03. The van der Waals surface area contributed by atoms with Gasteiger partial charge >= 0.3 is 0 Å². The van der Waals surface area contributed by atoms with E-state index in [1.165, 1.54) is 12.3 Å². The number of hydrogen-bond donors (Lipinski definition) is 2. The SMILES string of the molecule is NCCN1CCC(Nc2ccc([N+](=O)[O-])cn2)C1. The third-order valence-corrected chi connectivity index (χ3v) is 3.03. The van der Waals surface area contributed by atoms with Gasteiger partial charge in [0.15, 0.2) is 0 Å². The van der Waals surface area contributed by atoms with E-state index < -0.39 is 4.92 Å². The first-order valence-corrected chi connectivity index (χ1v) is 5.98. The molecule has 1 atom stereocenters. The van der Waals surface area contributed by atoms with Crippen molar-refractivity contribution in [3.63, 3.8) is 0 Å². The van der Waals surface area contributed by atoms with Crippen LogP contribution in [-0.2, 0) is 0 Å². The lowest BCUT2D eigenvalue weighted by Crippen LogP contribution is -2.30. The van der Waals surface area contributed by atoms with E-state index in [4.69, 9.17) is 5.73 Å². The van der Waals surface area contributed by atoms with Crippen molar-refractivity contribution in [2.45, 2.75) is 12.5 Å². The average molecular weight is 251 g/mol. The first kappa shape index (κ1) is 12.7. The second kappa shape index (κ2) is 5.74. The Hall–Kier alpha value is -1.73. The third kappa shape index (κ3) is 3.14. The van der Waals surface area contributed by atoms with E-state index >= 15 is 0 Å². The fourth-order valence-corrected chi connectivity index (χ4v) is 2.12. The zero-order chi connectivity index (χ0) is 13.0. The molecule has 2 rings (SSSR count). The molecule has 1 fully saturated rings. The van der Waals surface area contributed by atoms with Gasteiger partial charge in [-0.2, -0.15) is 0 Å². The molecular weight excluding hydrogens is 234 g/mol. The number of aromatic nitrogens is 1. The predicted molar refractivity (Wildman–Crippen MR) is 68.4 cm³/mol. The smallest absolute Gasteiger partial charge is 0.287 e.